The largest absolute Gasteiger partial charge is 0.0651 e. The first-order valence-corrected chi connectivity index (χ1v) is 4.63. The predicted octanol–water partition coefficient (Wildman–Crippen LogP) is 3.58. The van der Waals surface area contributed by atoms with Crippen LogP contribution in [0, 0.1) is 6.92 Å². The van der Waals surface area contributed by atoms with Crippen LogP contribution in [0.25, 0.3) is 0 Å². The van der Waals surface area contributed by atoms with E-state index < -0.39 is 0 Å². The molecule has 0 spiro atoms. The summed E-state index contributed by atoms with van der Waals surface area (Å²) in [5.41, 5.74) is 2.50. The number of halogens is 1. The monoisotopic (exact) mass is 211 g/mol. The third-order valence-electron chi connectivity index (χ3n) is 1.69. The van der Waals surface area contributed by atoms with Crippen LogP contribution >= 0.6 is 15.9 Å². The van der Waals surface area contributed by atoms with Gasteiger partial charge in [-0.1, -0.05) is 35.3 Å². The zero-order chi connectivity index (χ0) is 8.27. The van der Waals surface area contributed by atoms with Gasteiger partial charge in [-0.2, -0.15) is 0 Å². The van der Waals surface area contributed by atoms with Gasteiger partial charge in [-0.15, -0.1) is 0 Å². The maximum absolute atomic E-state index is 3.97. The highest BCUT2D eigenvalue weighted by atomic mass is 79.9. The maximum atomic E-state index is 3.97. The van der Waals surface area contributed by atoms with Gasteiger partial charge in [0.2, 0.25) is 0 Å². The van der Waals surface area contributed by atoms with Crippen molar-refractivity contribution < 1.29 is 0 Å². The molecular weight excluding hydrogens is 200 g/mol. The van der Waals surface area contributed by atoms with Crippen molar-refractivity contribution in [2.24, 2.45) is 0 Å². The molecule has 1 aromatic rings. The second-order valence-electron chi connectivity index (χ2n) is 2.66. The van der Waals surface area contributed by atoms with Crippen molar-refractivity contribution in [1.82, 2.24) is 0 Å². The summed E-state index contributed by atoms with van der Waals surface area (Å²) in [4.78, 5) is 0. The number of benzene rings is 1. The van der Waals surface area contributed by atoms with Gasteiger partial charge in [-0.05, 0) is 36.6 Å². The van der Waals surface area contributed by atoms with Gasteiger partial charge < -0.3 is 0 Å². The van der Waals surface area contributed by atoms with Crippen LogP contribution in [-0.4, -0.2) is 0 Å². The molecule has 1 aromatic carbocycles. The molecule has 1 radical (unpaired) electrons. The molecule has 0 heterocycles. The molecule has 59 valence electrons. The van der Waals surface area contributed by atoms with E-state index in [2.05, 4.69) is 48.0 Å². The smallest absolute Gasteiger partial charge is 0.0178 e. The van der Waals surface area contributed by atoms with Crippen LogP contribution in [-0.2, 0) is 6.42 Å². The zero-order valence-corrected chi connectivity index (χ0v) is 8.32. The minimum Gasteiger partial charge on any atom is -0.0651 e. The SMILES string of the molecule is [CH2]c1cc(Br)ccc1CCC. The van der Waals surface area contributed by atoms with Crippen LogP contribution in [0.1, 0.15) is 24.5 Å². The van der Waals surface area contributed by atoms with Crippen LogP contribution in [0.15, 0.2) is 22.7 Å². The minimum absolute atomic E-state index is 1.11. The first-order valence-electron chi connectivity index (χ1n) is 3.84. The quantitative estimate of drug-likeness (QED) is 0.702. The van der Waals surface area contributed by atoms with E-state index in [1.54, 1.807) is 0 Å². The highest BCUT2D eigenvalue weighted by Gasteiger charge is 1.96. The van der Waals surface area contributed by atoms with Gasteiger partial charge in [0.25, 0.3) is 0 Å². The normalized spacial score (nSPS) is 10.1. The van der Waals surface area contributed by atoms with E-state index in [0.29, 0.717) is 0 Å². The van der Waals surface area contributed by atoms with E-state index >= 15 is 0 Å². The van der Waals surface area contributed by atoms with Gasteiger partial charge in [-0.25, -0.2) is 0 Å². The van der Waals surface area contributed by atoms with Crippen molar-refractivity contribution in [2.45, 2.75) is 19.8 Å². The molecule has 0 aliphatic rings. The van der Waals surface area contributed by atoms with Gasteiger partial charge in [0, 0.05) is 4.47 Å². The second kappa shape index (κ2) is 3.91. The molecule has 0 unspecified atom stereocenters. The Labute approximate surface area is 76.8 Å². The summed E-state index contributed by atoms with van der Waals surface area (Å²) >= 11 is 3.41. The van der Waals surface area contributed by atoms with Crippen LogP contribution in [0.4, 0.5) is 0 Å². The highest BCUT2D eigenvalue weighted by Crippen LogP contribution is 2.16. The molecule has 0 atom stereocenters. The summed E-state index contributed by atoms with van der Waals surface area (Å²) in [6.45, 7) is 6.15. The van der Waals surface area contributed by atoms with Gasteiger partial charge in [0.05, 0.1) is 0 Å². The second-order valence-corrected chi connectivity index (χ2v) is 3.58. The molecule has 0 saturated heterocycles. The van der Waals surface area contributed by atoms with E-state index in [9.17, 15) is 0 Å². The predicted molar refractivity (Wildman–Crippen MR) is 52.6 cm³/mol. The van der Waals surface area contributed by atoms with Gasteiger partial charge in [-0.3, -0.25) is 0 Å². The Morgan fingerprint density at radius 1 is 1.45 bits per heavy atom. The first kappa shape index (κ1) is 8.79. The Morgan fingerprint density at radius 3 is 2.73 bits per heavy atom. The summed E-state index contributed by atoms with van der Waals surface area (Å²) in [5, 5.41) is 0. The molecule has 1 rings (SSSR count). The number of aryl methyl sites for hydroxylation is 1. The zero-order valence-electron chi connectivity index (χ0n) is 6.73. The van der Waals surface area contributed by atoms with E-state index in [0.717, 1.165) is 16.5 Å². The Morgan fingerprint density at radius 2 is 2.18 bits per heavy atom. The third-order valence-corrected chi connectivity index (χ3v) is 2.18. The number of hydrogen-bond donors (Lipinski definition) is 0. The Kier molecular flexibility index (Phi) is 3.13. The van der Waals surface area contributed by atoms with Crippen molar-refractivity contribution >= 4 is 15.9 Å². The Balaban J connectivity index is 2.90. The molecule has 0 aromatic heterocycles. The molecule has 0 aliphatic carbocycles. The Bertz CT molecular complexity index is 241. The summed E-state index contributed by atoms with van der Waals surface area (Å²) in [5.74, 6) is 0. The summed E-state index contributed by atoms with van der Waals surface area (Å²) in [6, 6.07) is 6.26. The van der Waals surface area contributed by atoms with Crippen LogP contribution < -0.4 is 0 Å². The minimum atomic E-state index is 1.11. The fraction of sp³-hybridized carbons (Fsp3) is 0.300. The summed E-state index contributed by atoms with van der Waals surface area (Å²) in [6.07, 6.45) is 2.32. The van der Waals surface area contributed by atoms with Crippen molar-refractivity contribution in [1.29, 1.82) is 0 Å². The summed E-state index contributed by atoms with van der Waals surface area (Å²) < 4.78 is 1.11. The maximum Gasteiger partial charge on any atom is 0.0178 e. The van der Waals surface area contributed by atoms with Crippen molar-refractivity contribution in [3.05, 3.63) is 40.7 Å². The van der Waals surface area contributed by atoms with Gasteiger partial charge in [0.15, 0.2) is 0 Å². The molecule has 0 nitrogen and oxygen atoms in total. The van der Waals surface area contributed by atoms with Crippen molar-refractivity contribution in [3.8, 4) is 0 Å². The molecule has 11 heavy (non-hydrogen) atoms. The van der Waals surface area contributed by atoms with Crippen LogP contribution in [0.5, 0.6) is 0 Å². The van der Waals surface area contributed by atoms with E-state index in [-0.39, 0.29) is 0 Å². The molecule has 0 fully saturated rings. The molecule has 0 saturated carbocycles. The van der Waals surface area contributed by atoms with Crippen LogP contribution in [0.3, 0.4) is 0 Å². The van der Waals surface area contributed by atoms with E-state index in [1.165, 1.54) is 12.0 Å². The van der Waals surface area contributed by atoms with E-state index in [4.69, 9.17) is 0 Å². The molecule has 0 bridgehead atoms. The fourth-order valence-electron chi connectivity index (χ4n) is 1.11. The molecule has 0 N–H and O–H groups in total. The fourth-order valence-corrected chi connectivity index (χ4v) is 1.52. The highest BCUT2D eigenvalue weighted by molar-refractivity contribution is 9.10. The summed E-state index contributed by atoms with van der Waals surface area (Å²) in [7, 11) is 0. The van der Waals surface area contributed by atoms with Crippen molar-refractivity contribution in [2.75, 3.05) is 0 Å². The van der Waals surface area contributed by atoms with Gasteiger partial charge >= 0.3 is 0 Å². The standard InChI is InChI=1S/C10H12Br/c1-3-4-9-5-6-10(11)7-8(9)2/h5-7H,2-4H2,1H3. The lowest BCUT2D eigenvalue weighted by atomic mass is 10.1. The average Bonchev–Trinajstić information content (AvgIpc) is 1.95. The lowest BCUT2D eigenvalue weighted by Gasteiger charge is -2.03. The van der Waals surface area contributed by atoms with Gasteiger partial charge in [0.1, 0.15) is 0 Å². The van der Waals surface area contributed by atoms with E-state index in [1.807, 2.05) is 0 Å². The number of hydrogen-bond acceptors (Lipinski definition) is 0. The lowest BCUT2D eigenvalue weighted by molar-refractivity contribution is 0.917. The molecule has 0 amide bonds. The topological polar surface area (TPSA) is 0 Å². The molecule has 0 aliphatic heterocycles. The first-order chi connectivity index (χ1) is 5.24. The Hall–Kier alpha value is -0.300. The average molecular weight is 212 g/mol. The molecular formula is C10H12Br. The number of rotatable bonds is 2. The van der Waals surface area contributed by atoms with Crippen LogP contribution in [0.2, 0.25) is 0 Å². The van der Waals surface area contributed by atoms with Crippen molar-refractivity contribution in [3.63, 3.8) is 0 Å². The molecule has 1 heteroatoms. The third kappa shape index (κ3) is 2.33. The lowest BCUT2D eigenvalue weighted by Crippen LogP contribution is -1.87.